The van der Waals surface area contributed by atoms with Crippen LogP contribution in [-0.2, 0) is 21.1 Å². The molecule has 0 aromatic heterocycles. The van der Waals surface area contributed by atoms with E-state index < -0.39 is 0 Å². The summed E-state index contributed by atoms with van der Waals surface area (Å²) >= 11 is 0. The molecule has 0 aliphatic rings. The van der Waals surface area contributed by atoms with Crippen LogP contribution in [0, 0.1) is 12.1 Å². The molecule has 1 nitrogen and oxygen atoms in total. The zero-order valence-corrected chi connectivity index (χ0v) is 11.0. The number of benzene rings is 2. The van der Waals surface area contributed by atoms with E-state index in [2.05, 4.69) is 12.1 Å². The van der Waals surface area contributed by atoms with E-state index >= 15 is 0 Å². The minimum absolute atomic E-state index is 0. The van der Waals surface area contributed by atoms with Crippen LogP contribution in [0.4, 0.5) is 0 Å². The Morgan fingerprint density at radius 2 is 1.40 bits per heavy atom. The third kappa shape index (κ3) is 6.81. The summed E-state index contributed by atoms with van der Waals surface area (Å²) in [5.41, 5.74) is 0.698. The van der Waals surface area contributed by atoms with Gasteiger partial charge in [-0.05, 0) is 0 Å². The van der Waals surface area contributed by atoms with Crippen LogP contribution >= 0.6 is 0 Å². The molecule has 2 aromatic carbocycles. The second-order valence-electron chi connectivity index (χ2n) is 2.53. The van der Waals surface area contributed by atoms with Crippen molar-refractivity contribution in [3.8, 4) is 0 Å². The zero-order valence-electron chi connectivity index (χ0n) is 8.09. The third-order valence-corrected chi connectivity index (χ3v) is 1.49. The summed E-state index contributed by atoms with van der Waals surface area (Å²) in [6.45, 7) is 0. The molecule has 2 aromatic rings. The van der Waals surface area contributed by atoms with Crippen LogP contribution in [-0.4, -0.2) is 6.29 Å². The van der Waals surface area contributed by atoms with Gasteiger partial charge in [0.25, 0.3) is 0 Å². The van der Waals surface area contributed by atoms with Crippen LogP contribution in [0.3, 0.4) is 0 Å². The van der Waals surface area contributed by atoms with Crippen molar-refractivity contribution in [2.45, 2.75) is 0 Å². The van der Waals surface area contributed by atoms with Gasteiger partial charge in [0.05, 0.1) is 0 Å². The minimum Gasteiger partial charge on any atom is -0.300 e. The molecule has 2 heteroatoms. The first-order chi connectivity index (χ1) is 6.93. The summed E-state index contributed by atoms with van der Waals surface area (Å²) in [6.07, 6.45) is 0.813. The van der Waals surface area contributed by atoms with E-state index in [1.807, 2.05) is 30.3 Å². The number of carbonyl (C=O) groups is 1. The summed E-state index contributed by atoms with van der Waals surface area (Å²) in [7, 11) is 0. The molecule has 0 radical (unpaired) electrons. The van der Waals surface area contributed by atoms with Gasteiger partial charge in [-0.15, -0.1) is 0 Å². The maximum absolute atomic E-state index is 9.99. The summed E-state index contributed by atoms with van der Waals surface area (Å²) in [5, 5.41) is 0. The number of rotatable bonds is 1. The Morgan fingerprint density at radius 3 is 1.67 bits per heavy atom. The Balaban J connectivity index is 0.000000253. The fourth-order valence-electron chi connectivity index (χ4n) is 0.820. The van der Waals surface area contributed by atoms with Gasteiger partial charge in [-0.1, -0.05) is 5.56 Å². The maximum atomic E-state index is 9.99. The first kappa shape index (κ1) is 13.8. The summed E-state index contributed by atoms with van der Waals surface area (Å²) < 4.78 is 0. The minimum atomic E-state index is 0. The van der Waals surface area contributed by atoms with Crippen LogP contribution < -0.4 is 0 Å². The molecule has 0 aliphatic heterocycles. The van der Waals surface area contributed by atoms with Crippen molar-refractivity contribution in [3.63, 3.8) is 0 Å². The van der Waals surface area contributed by atoms with Gasteiger partial charge in [0.2, 0.25) is 0 Å². The Labute approximate surface area is 104 Å². The molecular weight excluding hydrogens is 356 g/mol. The van der Waals surface area contributed by atoms with Crippen molar-refractivity contribution >= 4 is 6.29 Å². The van der Waals surface area contributed by atoms with Gasteiger partial charge in [-0.2, -0.15) is 66.7 Å². The molecule has 2 rings (SSSR count). The van der Waals surface area contributed by atoms with Crippen molar-refractivity contribution in [2.75, 3.05) is 0 Å². The smallest absolute Gasteiger partial charge is 0.300 e. The average Bonchev–Trinajstić information content (AvgIpc) is 2.33. The molecular formula is C13H10OW. The van der Waals surface area contributed by atoms with E-state index in [9.17, 15) is 4.79 Å². The molecule has 0 atom stereocenters. The van der Waals surface area contributed by atoms with Gasteiger partial charge >= 0.3 is 21.1 Å². The van der Waals surface area contributed by atoms with E-state index in [4.69, 9.17) is 0 Å². The molecule has 0 saturated carbocycles. The monoisotopic (exact) mass is 366 g/mol. The maximum Gasteiger partial charge on any atom is 2.00 e. The quantitative estimate of drug-likeness (QED) is 0.561. The number of carbonyl (C=O) groups excluding carboxylic acids is 1. The molecule has 0 unspecified atom stereocenters. The Morgan fingerprint density at radius 1 is 0.867 bits per heavy atom. The summed E-state index contributed by atoms with van der Waals surface area (Å²) in [6, 6.07) is 22.2. The number of aldehydes is 1. The predicted molar refractivity (Wildman–Crippen MR) is 55.9 cm³/mol. The van der Waals surface area contributed by atoms with Gasteiger partial charge in [0.15, 0.2) is 0 Å². The van der Waals surface area contributed by atoms with Crippen molar-refractivity contribution in [3.05, 3.63) is 72.3 Å². The van der Waals surface area contributed by atoms with E-state index in [1.165, 1.54) is 0 Å². The molecule has 0 heterocycles. The molecule has 15 heavy (non-hydrogen) atoms. The molecule has 0 aliphatic carbocycles. The first-order valence-electron chi connectivity index (χ1n) is 4.26. The van der Waals surface area contributed by atoms with E-state index in [0.717, 1.165) is 6.29 Å². The normalized spacial score (nSPS) is 7.73. The molecule has 74 valence electrons. The summed E-state index contributed by atoms with van der Waals surface area (Å²) in [5.74, 6) is 0. The molecule has 0 spiro atoms. The molecule has 0 saturated heterocycles. The second-order valence-corrected chi connectivity index (χ2v) is 2.53. The summed E-state index contributed by atoms with van der Waals surface area (Å²) in [4.78, 5) is 9.99. The third-order valence-electron chi connectivity index (χ3n) is 1.49. The fraction of sp³-hybridized carbons (Fsp3) is 0. The van der Waals surface area contributed by atoms with Crippen LogP contribution in [0.2, 0.25) is 0 Å². The standard InChI is InChI=1S/C7H5O.C6H5.W/c8-6-7-4-2-1-3-5-7;1-2-4-6-5-3-1;/h2-6H;1-5H;/q2*-1;+2. The average molecular weight is 366 g/mol. The van der Waals surface area contributed by atoms with Crippen LogP contribution in [0.1, 0.15) is 10.4 Å². The van der Waals surface area contributed by atoms with Crippen molar-refractivity contribution < 1.29 is 25.9 Å². The molecule has 0 fully saturated rings. The van der Waals surface area contributed by atoms with Crippen molar-refractivity contribution in [1.29, 1.82) is 0 Å². The predicted octanol–water partition coefficient (Wildman–Crippen LogP) is 2.78. The Bertz CT molecular complexity index is 319. The van der Waals surface area contributed by atoms with Crippen LogP contribution in [0.25, 0.3) is 0 Å². The first-order valence-corrected chi connectivity index (χ1v) is 4.26. The fourth-order valence-corrected chi connectivity index (χ4v) is 0.820. The number of hydrogen-bond acceptors (Lipinski definition) is 1. The SMILES string of the molecule is O=Cc1cc[c-]cc1.[W+2].[c-]1ccccc1. The topological polar surface area (TPSA) is 17.1 Å². The van der Waals surface area contributed by atoms with Crippen molar-refractivity contribution in [2.24, 2.45) is 0 Å². The van der Waals surface area contributed by atoms with E-state index in [0.29, 0.717) is 5.56 Å². The molecule has 0 bridgehead atoms. The van der Waals surface area contributed by atoms with Gasteiger partial charge in [0.1, 0.15) is 6.29 Å². The van der Waals surface area contributed by atoms with E-state index in [1.54, 1.807) is 24.3 Å². The second kappa shape index (κ2) is 9.36. The Kier molecular flexibility index (Phi) is 8.61. The molecule has 0 amide bonds. The van der Waals surface area contributed by atoms with Gasteiger partial charge in [-0.3, -0.25) is 0 Å². The van der Waals surface area contributed by atoms with Crippen molar-refractivity contribution in [1.82, 2.24) is 0 Å². The van der Waals surface area contributed by atoms with E-state index in [-0.39, 0.29) is 21.1 Å². The van der Waals surface area contributed by atoms with Gasteiger partial charge in [-0.25, -0.2) is 0 Å². The Hall–Kier alpha value is -1.20. The molecule has 0 N–H and O–H groups in total. The van der Waals surface area contributed by atoms with Crippen LogP contribution in [0.5, 0.6) is 0 Å². The number of hydrogen-bond donors (Lipinski definition) is 0. The zero-order chi connectivity index (χ0) is 10.1. The van der Waals surface area contributed by atoms with Crippen LogP contribution in [0.15, 0.2) is 54.6 Å². The van der Waals surface area contributed by atoms with Gasteiger partial charge in [0, 0.05) is 0 Å². The van der Waals surface area contributed by atoms with Gasteiger partial charge < -0.3 is 4.79 Å². The largest absolute Gasteiger partial charge is 2.00 e.